The van der Waals surface area contributed by atoms with Crippen LogP contribution in [0.1, 0.15) is 51.1 Å². The van der Waals surface area contributed by atoms with Crippen LogP contribution < -0.4 is 10.9 Å². The first-order valence-electron chi connectivity index (χ1n) is 12.8. The highest BCUT2D eigenvalue weighted by Gasteiger charge is 2.30. The molecule has 1 N–H and O–H groups in total. The van der Waals surface area contributed by atoms with Crippen molar-refractivity contribution in [3.63, 3.8) is 0 Å². The lowest BCUT2D eigenvalue weighted by Gasteiger charge is -2.19. The number of ether oxygens (including phenoxy) is 2. The maximum atomic E-state index is 13.6. The average molecular weight is 579 g/mol. The van der Waals surface area contributed by atoms with E-state index in [1.165, 1.54) is 37.0 Å². The molecule has 2 aromatic heterocycles. The van der Waals surface area contributed by atoms with E-state index < -0.39 is 23.9 Å². The molecule has 2 aromatic carbocycles. The van der Waals surface area contributed by atoms with E-state index >= 15 is 0 Å². The number of carbonyl (C=O) groups excluding carboxylic acids is 3. The standard InChI is InChI=1S/C30H27ClN2O6S/c1-16(26(34)32-27-24(29(36)38-3)21-10-6-7-11-22(21)40-27)39-30(37)25-23(17-12-14-18(31)15-13-17)19-8-4-5-9-20(19)28(35)33(25)2/h4-5,8-9,12-16H,6-7,10-11H2,1-3H3,(H,32,34). The molecule has 0 spiro atoms. The van der Waals surface area contributed by atoms with E-state index in [0.29, 0.717) is 37.5 Å². The number of nitrogens with one attached hydrogen (secondary N) is 1. The van der Waals surface area contributed by atoms with Gasteiger partial charge in [0.2, 0.25) is 0 Å². The van der Waals surface area contributed by atoms with Crippen LogP contribution in [0.5, 0.6) is 0 Å². The molecule has 0 saturated heterocycles. The monoisotopic (exact) mass is 578 g/mol. The second-order valence-corrected chi connectivity index (χ2v) is 11.1. The molecule has 1 aliphatic rings. The van der Waals surface area contributed by atoms with E-state index in [2.05, 4.69) is 5.32 Å². The Balaban J connectivity index is 1.48. The number of carbonyl (C=O) groups is 3. The molecule has 1 aliphatic carbocycles. The fourth-order valence-corrected chi connectivity index (χ4v) is 6.47. The molecule has 0 radical (unpaired) electrons. The van der Waals surface area contributed by atoms with Gasteiger partial charge in [0.1, 0.15) is 10.7 Å². The molecule has 1 atom stereocenters. The Kier molecular flexibility index (Phi) is 7.78. The number of benzene rings is 2. The number of aromatic nitrogens is 1. The molecule has 2 heterocycles. The van der Waals surface area contributed by atoms with Crippen molar-refractivity contribution in [1.82, 2.24) is 4.57 Å². The van der Waals surface area contributed by atoms with Gasteiger partial charge in [-0.05, 0) is 67.3 Å². The van der Waals surface area contributed by atoms with Crippen molar-refractivity contribution in [2.45, 2.75) is 38.7 Å². The van der Waals surface area contributed by atoms with E-state index in [1.807, 2.05) is 0 Å². The zero-order valence-corrected chi connectivity index (χ0v) is 23.8. The normalized spacial score (nSPS) is 13.4. The van der Waals surface area contributed by atoms with Crippen LogP contribution in [0.15, 0.2) is 53.3 Å². The van der Waals surface area contributed by atoms with Crippen LogP contribution in [-0.4, -0.2) is 35.6 Å². The molecule has 0 bridgehead atoms. The SMILES string of the molecule is COC(=O)c1c(NC(=O)C(C)OC(=O)c2c(-c3ccc(Cl)cc3)c3ccccc3c(=O)n2C)sc2c1CCCC2. The topological polar surface area (TPSA) is 104 Å². The first-order valence-corrected chi connectivity index (χ1v) is 14.0. The summed E-state index contributed by atoms with van der Waals surface area (Å²) >= 11 is 7.44. The smallest absolute Gasteiger partial charge is 0.356 e. The maximum Gasteiger partial charge on any atom is 0.356 e. The summed E-state index contributed by atoms with van der Waals surface area (Å²) in [6.45, 7) is 1.44. The highest BCUT2D eigenvalue weighted by Crippen LogP contribution is 2.39. The van der Waals surface area contributed by atoms with Gasteiger partial charge < -0.3 is 19.4 Å². The molecule has 1 unspecified atom stereocenters. The number of anilines is 1. The van der Waals surface area contributed by atoms with Gasteiger partial charge in [0.25, 0.3) is 11.5 Å². The van der Waals surface area contributed by atoms with Crippen LogP contribution in [0.25, 0.3) is 21.9 Å². The van der Waals surface area contributed by atoms with Gasteiger partial charge >= 0.3 is 11.9 Å². The molecule has 8 nitrogen and oxygen atoms in total. The van der Waals surface area contributed by atoms with Gasteiger partial charge in [-0.1, -0.05) is 41.9 Å². The van der Waals surface area contributed by atoms with Crippen molar-refractivity contribution < 1.29 is 23.9 Å². The van der Waals surface area contributed by atoms with Gasteiger partial charge in [-0.3, -0.25) is 9.59 Å². The largest absolute Gasteiger partial charge is 0.465 e. The lowest BCUT2D eigenvalue weighted by molar-refractivity contribution is -0.123. The zero-order valence-electron chi connectivity index (χ0n) is 22.2. The maximum absolute atomic E-state index is 13.6. The van der Waals surface area contributed by atoms with E-state index in [4.69, 9.17) is 21.1 Å². The van der Waals surface area contributed by atoms with Gasteiger partial charge in [0, 0.05) is 27.9 Å². The van der Waals surface area contributed by atoms with Crippen molar-refractivity contribution in [1.29, 1.82) is 0 Å². The summed E-state index contributed by atoms with van der Waals surface area (Å²) < 4.78 is 11.8. The average Bonchev–Trinajstić information content (AvgIpc) is 3.32. The fraction of sp³-hybridized carbons (Fsp3) is 0.267. The lowest BCUT2D eigenvalue weighted by atomic mass is 9.95. The quantitative estimate of drug-likeness (QED) is 0.291. The minimum Gasteiger partial charge on any atom is -0.465 e. The fourth-order valence-electron chi connectivity index (χ4n) is 5.07. The molecule has 40 heavy (non-hydrogen) atoms. The van der Waals surface area contributed by atoms with Gasteiger partial charge in [-0.2, -0.15) is 0 Å². The van der Waals surface area contributed by atoms with E-state index in [9.17, 15) is 19.2 Å². The van der Waals surface area contributed by atoms with Crippen LogP contribution in [-0.2, 0) is 34.2 Å². The molecule has 206 valence electrons. The number of aryl methyl sites for hydroxylation is 1. The Bertz CT molecular complexity index is 1710. The van der Waals surface area contributed by atoms with E-state index in [-0.39, 0.29) is 11.3 Å². The summed E-state index contributed by atoms with van der Waals surface area (Å²) in [5, 5.41) is 4.68. The molecule has 5 rings (SSSR count). The van der Waals surface area contributed by atoms with Crippen molar-refractivity contribution in [3.8, 4) is 11.1 Å². The number of pyridine rings is 1. The summed E-state index contributed by atoms with van der Waals surface area (Å²) in [6, 6.07) is 13.9. The molecular formula is C30H27ClN2O6S. The number of rotatable bonds is 6. The predicted molar refractivity (Wildman–Crippen MR) is 155 cm³/mol. The predicted octanol–water partition coefficient (Wildman–Crippen LogP) is 5.77. The molecule has 0 aliphatic heterocycles. The number of hydrogen-bond acceptors (Lipinski definition) is 7. The number of nitrogens with zero attached hydrogens (tertiary/aromatic N) is 1. The Morgan fingerprint density at radius 1 is 1.00 bits per heavy atom. The van der Waals surface area contributed by atoms with Crippen LogP contribution in [0.2, 0.25) is 5.02 Å². The number of amides is 1. The van der Waals surface area contributed by atoms with Crippen molar-refractivity contribution in [3.05, 3.63) is 85.6 Å². The Morgan fingerprint density at radius 2 is 1.68 bits per heavy atom. The summed E-state index contributed by atoms with van der Waals surface area (Å²) in [6.07, 6.45) is 2.30. The summed E-state index contributed by atoms with van der Waals surface area (Å²) in [4.78, 5) is 53.6. The van der Waals surface area contributed by atoms with Crippen LogP contribution in [0.4, 0.5) is 5.00 Å². The number of fused-ring (bicyclic) bond motifs is 2. The van der Waals surface area contributed by atoms with Crippen LogP contribution in [0, 0.1) is 0 Å². The second kappa shape index (κ2) is 11.3. The number of halogens is 1. The molecular weight excluding hydrogens is 552 g/mol. The lowest BCUT2D eigenvalue weighted by Crippen LogP contribution is -2.33. The summed E-state index contributed by atoms with van der Waals surface area (Å²) in [5.41, 5.74) is 2.05. The van der Waals surface area contributed by atoms with Crippen LogP contribution in [0.3, 0.4) is 0 Å². The minimum absolute atomic E-state index is 0.00695. The Labute approximate surface area is 239 Å². The summed E-state index contributed by atoms with van der Waals surface area (Å²) in [7, 11) is 2.80. The van der Waals surface area contributed by atoms with Gasteiger partial charge in [0.15, 0.2) is 6.10 Å². The number of methoxy groups -OCH3 is 1. The third kappa shape index (κ3) is 5.02. The summed E-state index contributed by atoms with van der Waals surface area (Å²) in [5.74, 6) is -1.95. The number of hydrogen-bond donors (Lipinski definition) is 1. The van der Waals surface area contributed by atoms with Crippen molar-refractivity contribution in [2.24, 2.45) is 7.05 Å². The number of esters is 2. The van der Waals surface area contributed by atoms with Crippen molar-refractivity contribution in [2.75, 3.05) is 12.4 Å². The van der Waals surface area contributed by atoms with Gasteiger partial charge in [0.05, 0.1) is 12.7 Å². The highest BCUT2D eigenvalue weighted by molar-refractivity contribution is 7.17. The zero-order chi connectivity index (χ0) is 28.6. The number of thiophene rings is 1. The molecule has 4 aromatic rings. The third-order valence-corrected chi connectivity index (χ3v) is 8.54. The molecule has 0 fully saturated rings. The third-order valence-electron chi connectivity index (χ3n) is 7.08. The van der Waals surface area contributed by atoms with Gasteiger partial charge in [-0.15, -0.1) is 11.3 Å². The first kappa shape index (κ1) is 27.6. The molecule has 10 heteroatoms. The molecule has 1 amide bonds. The van der Waals surface area contributed by atoms with Gasteiger partial charge in [-0.25, -0.2) is 9.59 Å². The Morgan fingerprint density at radius 3 is 2.38 bits per heavy atom. The Hall–Kier alpha value is -3.95. The van der Waals surface area contributed by atoms with E-state index in [0.717, 1.165) is 36.1 Å². The first-order chi connectivity index (χ1) is 19.2. The van der Waals surface area contributed by atoms with Crippen molar-refractivity contribution >= 4 is 56.6 Å². The molecule has 0 saturated carbocycles. The highest BCUT2D eigenvalue weighted by atomic mass is 35.5. The minimum atomic E-state index is -1.23. The van der Waals surface area contributed by atoms with E-state index in [1.54, 1.807) is 48.5 Å². The second-order valence-electron chi connectivity index (χ2n) is 9.58. The van der Waals surface area contributed by atoms with Crippen LogP contribution >= 0.6 is 22.9 Å².